The second-order valence-electron chi connectivity index (χ2n) is 2.76. The van der Waals surface area contributed by atoms with E-state index < -0.39 is 6.10 Å². The lowest BCUT2D eigenvalue weighted by molar-refractivity contribution is 0.205. The first kappa shape index (κ1) is 10.5. The molecule has 0 aromatic carbocycles. The van der Waals surface area contributed by atoms with Crippen LogP contribution in [0.2, 0.25) is 0 Å². The van der Waals surface area contributed by atoms with Gasteiger partial charge in [-0.05, 0) is 12.5 Å². The lowest BCUT2D eigenvalue weighted by Crippen LogP contribution is -2.01. The molecule has 0 aromatic heterocycles. The second-order valence-corrected chi connectivity index (χ2v) is 2.76. The molecule has 1 unspecified atom stereocenters. The van der Waals surface area contributed by atoms with Gasteiger partial charge in [0.05, 0.1) is 12.4 Å². The zero-order valence-electron chi connectivity index (χ0n) is 7.16. The summed E-state index contributed by atoms with van der Waals surface area (Å²) in [6, 6.07) is 0. The van der Waals surface area contributed by atoms with Gasteiger partial charge in [0.1, 0.15) is 0 Å². The zero-order valence-corrected chi connectivity index (χ0v) is 7.16. The number of aliphatic hydroxyl groups excluding tert-OH is 2. The van der Waals surface area contributed by atoms with Gasteiger partial charge >= 0.3 is 0 Å². The second kappa shape index (κ2) is 7.61. The molecule has 0 bridgehead atoms. The van der Waals surface area contributed by atoms with E-state index in [9.17, 15) is 0 Å². The van der Waals surface area contributed by atoms with E-state index >= 15 is 0 Å². The number of rotatable bonds is 6. The predicted octanol–water partition coefficient (Wildman–Crippen LogP) is 2.39. The van der Waals surface area contributed by atoms with Crippen LogP contribution < -0.4 is 0 Å². The van der Waals surface area contributed by atoms with Crippen LogP contribution >= 0.6 is 0 Å². The normalized spacial score (nSPS) is 14.0. The molecule has 66 valence electrons. The van der Waals surface area contributed by atoms with Gasteiger partial charge in [-0.25, -0.2) is 0 Å². The molecule has 0 amide bonds. The molecular formula is C9H18O2. The molecule has 11 heavy (non-hydrogen) atoms. The fourth-order valence-corrected chi connectivity index (χ4v) is 0.976. The van der Waals surface area contributed by atoms with Gasteiger partial charge < -0.3 is 10.2 Å². The van der Waals surface area contributed by atoms with Crippen molar-refractivity contribution in [1.82, 2.24) is 0 Å². The molecule has 0 aliphatic rings. The number of aliphatic hydroxyl groups is 2. The smallest absolute Gasteiger partial charge is 0.0777 e. The standard InChI is InChI=1S/C9H18O2/c1-2-3-4-5-6-9(11)7-8-10/h7-11H,2-6H2,1H3. The highest BCUT2D eigenvalue weighted by Gasteiger charge is 1.97. The first-order chi connectivity index (χ1) is 5.31. The molecule has 0 aliphatic heterocycles. The molecule has 0 fully saturated rings. The van der Waals surface area contributed by atoms with Crippen LogP contribution in [0.3, 0.4) is 0 Å². The monoisotopic (exact) mass is 158 g/mol. The molecular weight excluding hydrogens is 140 g/mol. The lowest BCUT2D eigenvalue weighted by atomic mass is 10.1. The maximum absolute atomic E-state index is 9.10. The van der Waals surface area contributed by atoms with E-state index in [1.165, 1.54) is 25.3 Å². The van der Waals surface area contributed by atoms with Crippen molar-refractivity contribution < 1.29 is 10.2 Å². The van der Waals surface area contributed by atoms with Crippen molar-refractivity contribution >= 4 is 0 Å². The Morgan fingerprint density at radius 1 is 1.27 bits per heavy atom. The predicted molar refractivity (Wildman–Crippen MR) is 46.5 cm³/mol. The van der Waals surface area contributed by atoms with Crippen molar-refractivity contribution in [1.29, 1.82) is 0 Å². The van der Waals surface area contributed by atoms with E-state index in [0.29, 0.717) is 0 Å². The van der Waals surface area contributed by atoms with E-state index in [0.717, 1.165) is 19.1 Å². The average molecular weight is 158 g/mol. The van der Waals surface area contributed by atoms with Crippen LogP contribution in [-0.2, 0) is 0 Å². The van der Waals surface area contributed by atoms with E-state index in [4.69, 9.17) is 10.2 Å². The minimum Gasteiger partial charge on any atom is -0.516 e. The molecule has 2 N–H and O–H groups in total. The summed E-state index contributed by atoms with van der Waals surface area (Å²) in [4.78, 5) is 0. The minimum absolute atomic E-state index is 0.461. The Bertz CT molecular complexity index is 99.7. The summed E-state index contributed by atoms with van der Waals surface area (Å²) < 4.78 is 0. The van der Waals surface area contributed by atoms with Crippen LogP contribution in [0.15, 0.2) is 12.3 Å². The Hall–Kier alpha value is -0.500. The molecule has 0 saturated heterocycles. The Morgan fingerprint density at radius 2 is 2.00 bits per heavy atom. The molecule has 0 heterocycles. The third-order valence-corrected chi connectivity index (χ3v) is 1.66. The van der Waals surface area contributed by atoms with Crippen molar-refractivity contribution in [2.45, 2.75) is 45.1 Å². The summed E-state index contributed by atoms with van der Waals surface area (Å²) in [5, 5.41) is 17.4. The lowest BCUT2D eigenvalue weighted by Gasteiger charge is -2.03. The molecule has 0 saturated carbocycles. The topological polar surface area (TPSA) is 40.5 Å². The van der Waals surface area contributed by atoms with Gasteiger partial charge in [-0.15, -0.1) is 0 Å². The van der Waals surface area contributed by atoms with Gasteiger partial charge in [0.25, 0.3) is 0 Å². The summed E-state index contributed by atoms with van der Waals surface area (Å²) in [5.41, 5.74) is 0. The highest BCUT2D eigenvalue weighted by Crippen LogP contribution is 2.05. The van der Waals surface area contributed by atoms with Gasteiger partial charge in [0, 0.05) is 0 Å². The van der Waals surface area contributed by atoms with Crippen LogP contribution in [0.5, 0.6) is 0 Å². The maximum Gasteiger partial charge on any atom is 0.0777 e. The highest BCUT2D eigenvalue weighted by molar-refractivity contribution is 4.81. The third kappa shape index (κ3) is 7.40. The van der Waals surface area contributed by atoms with E-state index in [2.05, 4.69) is 6.92 Å². The van der Waals surface area contributed by atoms with Gasteiger partial charge in [-0.2, -0.15) is 0 Å². The summed E-state index contributed by atoms with van der Waals surface area (Å²) in [6.45, 7) is 2.16. The van der Waals surface area contributed by atoms with Crippen molar-refractivity contribution in [2.75, 3.05) is 0 Å². The molecule has 0 rings (SSSR count). The van der Waals surface area contributed by atoms with Gasteiger partial charge in [0.2, 0.25) is 0 Å². The number of unbranched alkanes of at least 4 members (excludes halogenated alkanes) is 3. The molecule has 2 heteroatoms. The molecule has 2 nitrogen and oxygen atoms in total. The van der Waals surface area contributed by atoms with Crippen molar-refractivity contribution in [2.24, 2.45) is 0 Å². The van der Waals surface area contributed by atoms with Crippen molar-refractivity contribution in [3.8, 4) is 0 Å². The average Bonchev–Trinajstić information content (AvgIpc) is 1.99. The van der Waals surface area contributed by atoms with Crippen molar-refractivity contribution in [3.63, 3.8) is 0 Å². The third-order valence-electron chi connectivity index (χ3n) is 1.66. The molecule has 1 atom stereocenters. The van der Waals surface area contributed by atoms with Gasteiger partial charge in [-0.3, -0.25) is 0 Å². The number of hydrogen-bond acceptors (Lipinski definition) is 2. The van der Waals surface area contributed by atoms with Crippen LogP contribution in [0.25, 0.3) is 0 Å². The maximum atomic E-state index is 9.10. The fourth-order valence-electron chi connectivity index (χ4n) is 0.976. The molecule has 0 spiro atoms. The number of hydrogen-bond donors (Lipinski definition) is 2. The first-order valence-electron chi connectivity index (χ1n) is 4.30. The Morgan fingerprint density at radius 3 is 2.55 bits per heavy atom. The molecule has 0 radical (unpaired) electrons. The quantitative estimate of drug-likeness (QED) is 0.460. The SMILES string of the molecule is CCCCCCC(O)C=CO. The first-order valence-corrected chi connectivity index (χ1v) is 4.30. The Labute approximate surface area is 68.6 Å². The fraction of sp³-hybridized carbons (Fsp3) is 0.778. The van der Waals surface area contributed by atoms with E-state index in [1.54, 1.807) is 0 Å². The highest BCUT2D eigenvalue weighted by atomic mass is 16.3. The minimum atomic E-state index is -0.461. The van der Waals surface area contributed by atoms with Crippen LogP contribution in [0.4, 0.5) is 0 Å². The van der Waals surface area contributed by atoms with E-state index in [-0.39, 0.29) is 0 Å². The Kier molecular flexibility index (Phi) is 7.26. The Balaban J connectivity index is 3.10. The van der Waals surface area contributed by atoms with E-state index in [1.807, 2.05) is 0 Å². The van der Waals surface area contributed by atoms with Crippen LogP contribution in [-0.4, -0.2) is 16.3 Å². The zero-order chi connectivity index (χ0) is 8.53. The van der Waals surface area contributed by atoms with Crippen LogP contribution in [0, 0.1) is 0 Å². The molecule has 0 aliphatic carbocycles. The summed E-state index contributed by atoms with van der Waals surface area (Å²) in [7, 11) is 0. The summed E-state index contributed by atoms with van der Waals surface area (Å²) in [5.74, 6) is 0. The summed E-state index contributed by atoms with van der Waals surface area (Å²) in [6.07, 6.45) is 7.28. The van der Waals surface area contributed by atoms with Gasteiger partial charge in [0.15, 0.2) is 0 Å². The summed E-state index contributed by atoms with van der Waals surface area (Å²) >= 11 is 0. The van der Waals surface area contributed by atoms with Crippen LogP contribution in [0.1, 0.15) is 39.0 Å². The van der Waals surface area contributed by atoms with Gasteiger partial charge in [-0.1, -0.05) is 32.6 Å². The molecule has 0 aromatic rings. The largest absolute Gasteiger partial charge is 0.516 e. The van der Waals surface area contributed by atoms with Crippen molar-refractivity contribution in [3.05, 3.63) is 12.3 Å².